The second-order valence-corrected chi connectivity index (χ2v) is 16.5. The molecule has 2 radical (unpaired) electrons. The maximum atomic E-state index is 8.19. The first-order valence-corrected chi connectivity index (χ1v) is 13.3. The molecule has 1 rings (SSSR count). The second-order valence-electron chi connectivity index (χ2n) is 6.70. The van der Waals surface area contributed by atoms with Crippen molar-refractivity contribution in [3.8, 4) is 11.5 Å². The van der Waals surface area contributed by atoms with Crippen molar-refractivity contribution in [3.63, 3.8) is 0 Å². The summed E-state index contributed by atoms with van der Waals surface area (Å²) in [6.45, 7) is 21.5. The lowest BCUT2D eigenvalue weighted by molar-refractivity contribution is 1.58. The van der Waals surface area contributed by atoms with E-state index < -0.39 is 16.1 Å². The third-order valence-electron chi connectivity index (χ3n) is 2.51. The molecule has 0 saturated heterocycles. The molecule has 0 fully saturated rings. The molecule has 0 saturated carbocycles. The van der Waals surface area contributed by atoms with Crippen molar-refractivity contribution in [2.24, 2.45) is 0 Å². The fraction of sp³-hybridized carbons (Fsp3) is 0.375. The Morgan fingerprint density at radius 1 is 0.944 bits per heavy atom. The Kier molecular flexibility index (Phi) is 4.42. The quantitative estimate of drug-likeness (QED) is 0.549. The molecule has 0 bridgehead atoms. The van der Waals surface area contributed by atoms with Gasteiger partial charge in [-0.3, -0.25) is 0 Å². The Balaban J connectivity index is 2.93. The van der Waals surface area contributed by atoms with Crippen LogP contribution in [-0.4, -0.2) is 16.1 Å². The highest BCUT2D eigenvalue weighted by atomic mass is 28.3. The van der Waals surface area contributed by atoms with E-state index in [0.717, 1.165) is 16.3 Å². The van der Waals surface area contributed by atoms with Crippen LogP contribution in [0.5, 0.6) is 0 Å². The molecule has 0 aliphatic rings. The number of hydrogen-bond acceptors (Lipinski definition) is 0. The van der Waals surface area contributed by atoms with Crippen LogP contribution in [0.2, 0.25) is 39.3 Å². The van der Waals surface area contributed by atoms with Crippen molar-refractivity contribution < 1.29 is 0 Å². The van der Waals surface area contributed by atoms with Gasteiger partial charge in [0.2, 0.25) is 0 Å². The standard InChI is InChI=1S/C16H22Si2/c1-14(18(5,6)7)16-10-8-15(9-11-16)12-13-17(2,3)4/h8-11H,2-7H3. The van der Waals surface area contributed by atoms with E-state index in [9.17, 15) is 0 Å². The molecule has 0 aliphatic heterocycles. The predicted octanol–water partition coefficient (Wildman–Crippen LogP) is 4.49. The van der Waals surface area contributed by atoms with Crippen LogP contribution >= 0.6 is 0 Å². The lowest BCUT2D eigenvalue weighted by atomic mass is 10.1. The summed E-state index contributed by atoms with van der Waals surface area (Å²) >= 11 is 0. The van der Waals surface area contributed by atoms with Gasteiger partial charge in [-0.25, -0.2) is 0 Å². The van der Waals surface area contributed by atoms with Gasteiger partial charge in [-0.1, -0.05) is 57.3 Å². The van der Waals surface area contributed by atoms with E-state index in [1.807, 2.05) is 24.3 Å². The largest absolute Gasteiger partial charge is 0.129 e. The fourth-order valence-corrected chi connectivity index (χ4v) is 2.96. The van der Waals surface area contributed by atoms with Crippen molar-refractivity contribution in [1.82, 2.24) is 0 Å². The van der Waals surface area contributed by atoms with Crippen LogP contribution in [0.1, 0.15) is 11.1 Å². The molecule has 0 atom stereocenters. The van der Waals surface area contributed by atoms with Gasteiger partial charge in [-0.05, 0) is 29.5 Å². The van der Waals surface area contributed by atoms with E-state index in [0.29, 0.717) is 0 Å². The topological polar surface area (TPSA) is 0 Å². The van der Waals surface area contributed by atoms with Gasteiger partial charge < -0.3 is 0 Å². The van der Waals surface area contributed by atoms with Gasteiger partial charge in [-0.15, -0.1) is 5.54 Å². The number of hydrogen-bond donors (Lipinski definition) is 0. The summed E-state index contributed by atoms with van der Waals surface area (Å²) in [5.41, 5.74) is 5.47. The zero-order chi connectivity index (χ0) is 14.0. The van der Waals surface area contributed by atoms with Crippen molar-refractivity contribution in [1.29, 1.82) is 0 Å². The molecular formula is C16H22Si2. The summed E-state index contributed by atoms with van der Waals surface area (Å²) in [6, 6.07) is 8.15. The summed E-state index contributed by atoms with van der Waals surface area (Å²) in [7, 11) is -2.81. The van der Waals surface area contributed by atoms with Gasteiger partial charge in [0.05, 0.1) is 8.07 Å². The third-order valence-corrected chi connectivity index (χ3v) is 5.17. The molecule has 0 heterocycles. The van der Waals surface area contributed by atoms with Crippen molar-refractivity contribution in [3.05, 3.63) is 42.0 Å². The molecule has 1 aromatic carbocycles. The zero-order valence-electron chi connectivity index (χ0n) is 12.3. The van der Waals surface area contributed by atoms with Gasteiger partial charge >= 0.3 is 0 Å². The highest BCUT2D eigenvalue weighted by molar-refractivity contribution is 6.93. The second kappa shape index (κ2) is 5.30. The maximum Gasteiger partial charge on any atom is 0.129 e. The first-order valence-electron chi connectivity index (χ1n) is 6.32. The Hall–Kier alpha value is -1.05. The average molecular weight is 271 g/mol. The van der Waals surface area contributed by atoms with Gasteiger partial charge in [-0.2, -0.15) is 0 Å². The molecule has 1 aromatic rings. The van der Waals surface area contributed by atoms with Crippen LogP contribution in [0.3, 0.4) is 0 Å². The molecule has 0 aliphatic carbocycles. The Morgan fingerprint density at radius 2 is 1.44 bits per heavy atom. The van der Waals surface area contributed by atoms with Gasteiger partial charge in [0, 0.05) is 5.56 Å². The SMILES string of the molecule is [C]=C(c1ccc(C#C[Si](C)(C)C)cc1)[Si](C)(C)C. The number of rotatable bonds is 2. The van der Waals surface area contributed by atoms with E-state index in [1.54, 1.807) is 0 Å². The zero-order valence-corrected chi connectivity index (χ0v) is 14.3. The minimum absolute atomic E-state index is 0.812. The van der Waals surface area contributed by atoms with Crippen LogP contribution in [-0.2, 0) is 0 Å². The molecule has 0 aromatic heterocycles. The van der Waals surface area contributed by atoms with Gasteiger partial charge in [0.1, 0.15) is 8.07 Å². The van der Waals surface area contributed by atoms with E-state index in [1.165, 1.54) is 0 Å². The smallest absolute Gasteiger partial charge is 0.127 e. The highest BCUT2D eigenvalue weighted by Crippen LogP contribution is 2.23. The van der Waals surface area contributed by atoms with Gasteiger partial charge in [0.15, 0.2) is 0 Å². The van der Waals surface area contributed by atoms with Crippen molar-refractivity contribution in [2.75, 3.05) is 0 Å². The molecule has 18 heavy (non-hydrogen) atoms. The van der Waals surface area contributed by atoms with E-state index in [-0.39, 0.29) is 0 Å². The normalized spacial score (nSPS) is 11.7. The predicted molar refractivity (Wildman–Crippen MR) is 86.7 cm³/mol. The summed E-state index contributed by atoms with van der Waals surface area (Å²) < 4.78 is 0. The molecule has 0 amide bonds. The first kappa shape index (κ1) is 15.0. The third kappa shape index (κ3) is 4.68. The lowest BCUT2D eigenvalue weighted by Crippen LogP contribution is -2.21. The molecular weight excluding hydrogens is 248 g/mol. The summed E-state index contributed by atoms with van der Waals surface area (Å²) in [5, 5.41) is 0.812. The highest BCUT2D eigenvalue weighted by Gasteiger charge is 2.19. The lowest BCUT2D eigenvalue weighted by Gasteiger charge is -2.19. The Bertz CT molecular complexity index is 485. The molecule has 0 unspecified atom stereocenters. The van der Waals surface area contributed by atoms with Crippen LogP contribution in [0.15, 0.2) is 24.3 Å². The molecule has 0 N–H and O–H groups in total. The number of benzene rings is 1. The van der Waals surface area contributed by atoms with Crippen molar-refractivity contribution in [2.45, 2.75) is 39.3 Å². The summed E-state index contributed by atoms with van der Waals surface area (Å²) in [5.74, 6) is 3.24. The maximum absolute atomic E-state index is 8.19. The average Bonchev–Trinajstić information content (AvgIpc) is 2.24. The Labute approximate surface area is 114 Å². The molecule has 94 valence electrons. The first-order chi connectivity index (χ1) is 8.09. The van der Waals surface area contributed by atoms with Gasteiger partial charge in [0.25, 0.3) is 0 Å². The van der Waals surface area contributed by atoms with E-state index >= 15 is 0 Å². The summed E-state index contributed by atoms with van der Waals surface area (Å²) in [6.07, 6.45) is 0. The monoisotopic (exact) mass is 270 g/mol. The van der Waals surface area contributed by atoms with E-state index in [2.05, 4.69) is 50.7 Å². The summed E-state index contributed by atoms with van der Waals surface area (Å²) in [4.78, 5) is 0. The van der Waals surface area contributed by atoms with Crippen molar-refractivity contribution >= 4 is 21.3 Å². The fourth-order valence-electron chi connectivity index (χ4n) is 1.41. The van der Waals surface area contributed by atoms with Crippen LogP contribution < -0.4 is 0 Å². The van der Waals surface area contributed by atoms with Crippen LogP contribution in [0, 0.1) is 18.0 Å². The molecule has 0 nitrogen and oxygen atoms in total. The Morgan fingerprint density at radius 3 is 1.83 bits per heavy atom. The molecule has 0 spiro atoms. The van der Waals surface area contributed by atoms with E-state index in [4.69, 9.17) is 6.58 Å². The van der Waals surface area contributed by atoms with Crippen LogP contribution in [0.25, 0.3) is 5.20 Å². The minimum atomic E-state index is -1.51. The molecule has 2 heteroatoms. The van der Waals surface area contributed by atoms with Crippen LogP contribution in [0.4, 0.5) is 0 Å². The minimum Gasteiger partial charge on any atom is -0.127 e.